The third kappa shape index (κ3) is 4.94. The minimum absolute atomic E-state index is 0.556. The molecule has 0 aromatic heterocycles. The van der Waals surface area contributed by atoms with Gasteiger partial charge in [-0.2, -0.15) is 0 Å². The molecule has 1 saturated heterocycles. The van der Waals surface area contributed by atoms with E-state index in [0.717, 1.165) is 38.1 Å². The molecule has 0 aromatic rings. The van der Waals surface area contributed by atoms with Crippen molar-refractivity contribution in [3.05, 3.63) is 0 Å². The van der Waals surface area contributed by atoms with Crippen molar-refractivity contribution in [3.8, 4) is 0 Å². The number of piperidine rings is 1. The lowest BCUT2D eigenvalue weighted by atomic mass is 9.85. The summed E-state index contributed by atoms with van der Waals surface area (Å²) in [5.41, 5.74) is 5.90. The molecule has 0 spiro atoms. The zero-order valence-corrected chi connectivity index (χ0v) is 11.8. The fourth-order valence-electron chi connectivity index (χ4n) is 2.93. The molecule has 1 fully saturated rings. The maximum atomic E-state index is 5.90. The molecule has 0 aromatic carbocycles. The topological polar surface area (TPSA) is 38.5 Å². The van der Waals surface area contributed by atoms with Crippen LogP contribution in [-0.4, -0.2) is 43.8 Å². The summed E-state index contributed by atoms with van der Waals surface area (Å²) in [6, 6.07) is 0.556. The first-order valence-corrected chi connectivity index (χ1v) is 7.20. The first-order chi connectivity index (χ1) is 8.19. The second-order valence-corrected chi connectivity index (χ2v) is 5.58. The molecule has 0 radical (unpaired) electrons. The molecule has 3 unspecified atom stereocenters. The van der Waals surface area contributed by atoms with Crippen molar-refractivity contribution in [2.45, 2.75) is 46.1 Å². The summed E-state index contributed by atoms with van der Waals surface area (Å²) in [5.74, 6) is 1.52. The van der Waals surface area contributed by atoms with Crippen molar-refractivity contribution in [2.24, 2.45) is 17.6 Å². The van der Waals surface area contributed by atoms with Gasteiger partial charge in [-0.1, -0.05) is 27.2 Å². The standard InChI is InChI=1S/C14H30N2O/c1-4-5-7-17-8-6-16-11-12(2)9-13(3)14(16)10-15/h12-14H,4-11,15H2,1-3H3. The molecule has 2 N–H and O–H groups in total. The summed E-state index contributed by atoms with van der Waals surface area (Å²) in [6.07, 6.45) is 3.70. The maximum absolute atomic E-state index is 5.90. The summed E-state index contributed by atoms with van der Waals surface area (Å²) in [6.45, 7) is 11.6. The third-order valence-electron chi connectivity index (χ3n) is 3.85. The van der Waals surface area contributed by atoms with Crippen LogP contribution in [0.25, 0.3) is 0 Å². The Kier molecular flexibility index (Phi) is 7.09. The van der Waals surface area contributed by atoms with Crippen LogP contribution >= 0.6 is 0 Å². The highest BCUT2D eigenvalue weighted by Crippen LogP contribution is 2.26. The van der Waals surface area contributed by atoms with Gasteiger partial charge >= 0.3 is 0 Å². The van der Waals surface area contributed by atoms with E-state index in [1.165, 1.54) is 25.8 Å². The summed E-state index contributed by atoms with van der Waals surface area (Å²) >= 11 is 0. The van der Waals surface area contributed by atoms with E-state index in [-0.39, 0.29) is 0 Å². The van der Waals surface area contributed by atoms with Gasteiger partial charge in [-0.05, 0) is 24.7 Å². The SMILES string of the molecule is CCCCOCCN1CC(C)CC(C)C1CN. The minimum Gasteiger partial charge on any atom is -0.380 e. The quantitative estimate of drug-likeness (QED) is 0.695. The minimum atomic E-state index is 0.556. The van der Waals surface area contributed by atoms with Crippen molar-refractivity contribution in [1.29, 1.82) is 0 Å². The molecular formula is C14H30N2O. The van der Waals surface area contributed by atoms with Gasteiger partial charge in [-0.25, -0.2) is 0 Å². The van der Waals surface area contributed by atoms with Gasteiger partial charge in [0.05, 0.1) is 6.61 Å². The van der Waals surface area contributed by atoms with Crippen molar-refractivity contribution < 1.29 is 4.74 Å². The molecule has 0 saturated carbocycles. The predicted octanol–water partition coefficient (Wildman–Crippen LogP) is 2.11. The van der Waals surface area contributed by atoms with Crippen LogP contribution in [0.1, 0.15) is 40.0 Å². The van der Waals surface area contributed by atoms with E-state index < -0.39 is 0 Å². The Morgan fingerprint density at radius 3 is 2.71 bits per heavy atom. The molecule has 0 amide bonds. The summed E-state index contributed by atoms with van der Waals surface area (Å²) in [5, 5.41) is 0. The van der Waals surface area contributed by atoms with Crippen LogP contribution in [0.4, 0.5) is 0 Å². The lowest BCUT2D eigenvalue weighted by Crippen LogP contribution is -2.52. The van der Waals surface area contributed by atoms with Gasteiger partial charge in [-0.3, -0.25) is 4.90 Å². The largest absolute Gasteiger partial charge is 0.380 e. The number of hydrogen-bond acceptors (Lipinski definition) is 3. The third-order valence-corrected chi connectivity index (χ3v) is 3.85. The Morgan fingerprint density at radius 1 is 1.29 bits per heavy atom. The molecule has 0 bridgehead atoms. The second-order valence-electron chi connectivity index (χ2n) is 5.58. The fourth-order valence-corrected chi connectivity index (χ4v) is 2.93. The van der Waals surface area contributed by atoms with E-state index in [4.69, 9.17) is 10.5 Å². The van der Waals surface area contributed by atoms with Gasteiger partial charge in [0.2, 0.25) is 0 Å². The van der Waals surface area contributed by atoms with Crippen molar-refractivity contribution in [2.75, 3.05) is 32.8 Å². The van der Waals surface area contributed by atoms with E-state index in [9.17, 15) is 0 Å². The second kappa shape index (κ2) is 8.06. The number of ether oxygens (including phenoxy) is 1. The monoisotopic (exact) mass is 242 g/mol. The van der Waals surface area contributed by atoms with Crippen LogP contribution in [-0.2, 0) is 4.74 Å². The smallest absolute Gasteiger partial charge is 0.0593 e. The molecule has 17 heavy (non-hydrogen) atoms. The van der Waals surface area contributed by atoms with Crippen LogP contribution in [0, 0.1) is 11.8 Å². The molecule has 3 heteroatoms. The number of nitrogens with zero attached hydrogens (tertiary/aromatic N) is 1. The van der Waals surface area contributed by atoms with Crippen LogP contribution < -0.4 is 5.73 Å². The Morgan fingerprint density at radius 2 is 2.06 bits per heavy atom. The molecule has 3 atom stereocenters. The molecule has 0 aliphatic carbocycles. The number of hydrogen-bond donors (Lipinski definition) is 1. The molecule has 1 rings (SSSR count). The van der Waals surface area contributed by atoms with Crippen molar-refractivity contribution in [3.63, 3.8) is 0 Å². The summed E-state index contributed by atoms with van der Waals surface area (Å²) in [7, 11) is 0. The average Bonchev–Trinajstić information content (AvgIpc) is 2.28. The number of likely N-dealkylation sites (tertiary alicyclic amines) is 1. The number of nitrogens with two attached hydrogens (primary N) is 1. The molecule has 1 aliphatic rings. The predicted molar refractivity (Wildman–Crippen MR) is 73.1 cm³/mol. The Hall–Kier alpha value is -0.120. The van der Waals surface area contributed by atoms with Gasteiger partial charge in [0.1, 0.15) is 0 Å². The van der Waals surface area contributed by atoms with Crippen molar-refractivity contribution >= 4 is 0 Å². The van der Waals surface area contributed by atoms with Crippen LogP contribution in [0.2, 0.25) is 0 Å². The fraction of sp³-hybridized carbons (Fsp3) is 1.00. The van der Waals surface area contributed by atoms with Gasteiger partial charge in [0.25, 0.3) is 0 Å². The van der Waals surface area contributed by atoms with E-state index in [0.29, 0.717) is 6.04 Å². The van der Waals surface area contributed by atoms with E-state index >= 15 is 0 Å². The van der Waals surface area contributed by atoms with Crippen molar-refractivity contribution in [1.82, 2.24) is 4.90 Å². The first kappa shape index (κ1) is 14.9. The lowest BCUT2D eigenvalue weighted by molar-refractivity contribution is 0.0356. The van der Waals surface area contributed by atoms with E-state index in [1.807, 2.05) is 0 Å². The van der Waals surface area contributed by atoms with Gasteiger partial charge in [0, 0.05) is 32.3 Å². The highest BCUT2D eigenvalue weighted by molar-refractivity contribution is 4.85. The average molecular weight is 242 g/mol. The molecule has 3 nitrogen and oxygen atoms in total. The van der Waals surface area contributed by atoms with Crippen LogP contribution in [0.5, 0.6) is 0 Å². The summed E-state index contributed by atoms with van der Waals surface area (Å²) in [4.78, 5) is 2.53. The van der Waals surface area contributed by atoms with Crippen LogP contribution in [0.15, 0.2) is 0 Å². The van der Waals surface area contributed by atoms with Crippen LogP contribution in [0.3, 0.4) is 0 Å². The molecule has 1 aliphatic heterocycles. The molecule has 102 valence electrons. The lowest BCUT2D eigenvalue weighted by Gasteiger charge is -2.42. The molecular weight excluding hydrogens is 212 g/mol. The Balaban J connectivity index is 2.28. The molecule has 1 heterocycles. The Bertz CT molecular complexity index is 199. The Labute approximate surface area is 107 Å². The number of unbranched alkanes of at least 4 members (excludes halogenated alkanes) is 1. The zero-order valence-electron chi connectivity index (χ0n) is 11.8. The van der Waals surface area contributed by atoms with Gasteiger partial charge in [-0.15, -0.1) is 0 Å². The van der Waals surface area contributed by atoms with E-state index in [2.05, 4.69) is 25.7 Å². The zero-order chi connectivity index (χ0) is 12.7. The maximum Gasteiger partial charge on any atom is 0.0593 e. The summed E-state index contributed by atoms with van der Waals surface area (Å²) < 4.78 is 5.66. The first-order valence-electron chi connectivity index (χ1n) is 7.20. The van der Waals surface area contributed by atoms with E-state index in [1.54, 1.807) is 0 Å². The van der Waals surface area contributed by atoms with Gasteiger partial charge in [0.15, 0.2) is 0 Å². The van der Waals surface area contributed by atoms with Gasteiger partial charge < -0.3 is 10.5 Å². The highest BCUT2D eigenvalue weighted by atomic mass is 16.5. The normalized spacial score (nSPS) is 30.7. The number of rotatable bonds is 7. The highest BCUT2D eigenvalue weighted by Gasteiger charge is 2.30.